The third kappa shape index (κ3) is 5.23. The van der Waals surface area contributed by atoms with Crippen LogP contribution < -0.4 is 4.90 Å². The van der Waals surface area contributed by atoms with Gasteiger partial charge in [-0.25, -0.2) is 18.6 Å². The number of esters is 1. The number of halogens is 3. The van der Waals surface area contributed by atoms with E-state index in [0.29, 0.717) is 15.4 Å². The lowest BCUT2D eigenvalue weighted by atomic mass is 10.0. The zero-order valence-electron chi connectivity index (χ0n) is 23.6. The number of nitrogens with zero attached hydrogens (tertiary/aromatic N) is 3. The van der Waals surface area contributed by atoms with Gasteiger partial charge >= 0.3 is 5.97 Å². The third-order valence-corrected chi connectivity index (χ3v) is 8.18. The van der Waals surface area contributed by atoms with E-state index >= 15 is 8.78 Å². The summed E-state index contributed by atoms with van der Waals surface area (Å²) in [5, 5.41) is -0.159. The summed E-state index contributed by atoms with van der Waals surface area (Å²) in [4.78, 5) is 58.3. The zero-order chi connectivity index (χ0) is 31.4. The Kier molecular flexibility index (Phi) is 7.47. The second kappa shape index (κ2) is 11.0. The number of aromatic nitrogens is 1. The van der Waals surface area contributed by atoms with Crippen molar-refractivity contribution in [2.24, 2.45) is 0 Å². The van der Waals surface area contributed by atoms with Crippen LogP contribution >= 0.6 is 11.6 Å². The van der Waals surface area contributed by atoms with E-state index in [9.17, 15) is 19.2 Å². The quantitative estimate of drug-likeness (QED) is 0.288. The minimum atomic E-state index is -3.86. The molecule has 13 heteroatoms. The van der Waals surface area contributed by atoms with Gasteiger partial charge in [0.2, 0.25) is 11.7 Å². The van der Waals surface area contributed by atoms with E-state index in [0.717, 1.165) is 5.56 Å². The van der Waals surface area contributed by atoms with Gasteiger partial charge in [0.05, 0.1) is 41.3 Å². The van der Waals surface area contributed by atoms with Crippen molar-refractivity contribution in [1.29, 1.82) is 0 Å². The molecule has 228 valence electrons. The zero-order valence-corrected chi connectivity index (χ0v) is 24.3. The predicted molar refractivity (Wildman–Crippen MR) is 151 cm³/mol. The first-order valence-electron chi connectivity index (χ1n) is 13.8. The molecule has 44 heavy (non-hydrogen) atoms. The Labute approximate surface area is 255 Å². The molecule has 1 spiro atoms. The Morgan fingerprint density at radius 2 is 1.52 bits per heavy atom. The summed E-state index contributed by atoms with van der Waals surface area (Å²) in [5.74, 6) is -9.31. The summed E-state index contributed by atoms with van der Waals surface area (Å²) in [6, 6.07) is 14.9. The minimum Gasteiger partial charge on any atom is -0.452 e. The first kappa shape index (κ1) is 29.8. The van der Waals surface area contributed by atoms with E-state index in [2.05, 4.69) is 4.98 Å². The van der Waals surface area contributed by atoms with Crippen LogP contribution in [0.3, 0.4) is 0 Å². The Hall–Kier alpha value is -4.26. The number of fused-ring (bicyclic) bond motifs is 2. The van der Waals surface area contributed by atoms with Crippen molar-refractivity contribution < 1.29 is 42.2 Å². The number of hydrogen-bond donors (Lipinski definition) is 0. The van der Waals surface area contributed by atoms with E-state index in [1.807, 2.05) is 30.3 Å². The van der Waals surface area contributed by atoms with Crippen molar-refractivity contribution >= 4 is 41.0 Å². The largest absolute Gasteiger partial charge is 0.452 e. The number of carbonyl (C=O) groups is 4. The van der Waals surface area contributed by atoms with Crippen LogP contribution in [-0.4, -0.2) is 70.8 Å². The molecule has 0 radical (unpaired) electrons. The Morgan fingerprint density at radius 1 is 0.932 bits per heavy atom. The molecule has 6 rings (SSSR count). The molecule has 10 nitrogen and oxygen atoms in total. The van der Waals surface area contributed by atoms with Crippen LogP contribution in [0.5, 0.6) is 0 Å². The number of hydrogen-bond acceptors (Lipinski definition) is 8. The van der Waals surface area contributed by atoms with Crippen LogP contribution in [0, 0.1) is 0 Å². The van der Waals surface area contributed by atoms with Crippen LogP contribution in [0.2, 0.25) is 5.02 Å². The fourth-order valence-electron chi connectivity index (χ4n) is 5.64. The number of anilines is 1. The lowest BCUT2D eigenvalue weighted by Gasteiger charge is -2.48. The molecule has 4 heterocycles. The molecule has 1 atom stereocenters. The lowest BCUT2D eigenvalue weighted by molar-refractivity contribution is -0.463. The van der Waals surface area contributed by atoms with Gasteiger partial charge in [-0.2, -0.15) is 0 Å². The molecule has 3 aliphatic rings. The summed E-state index contributed by atoms with van der Waals surface area (Å²) < 4.78 is 48.8. The summed E-state index contributed by atoms with van der Waals surface area (Å²) in [5.41, 5.74) is 0.331. The molecule has 2 aromatic carbocycles. The van der Waals surface area contributed by atoms with Crippen molar-refractivity contribution in [2.75, 3.05) is 18.0 Å². The van der Waals surface area contributed by atoms with Crippen LogP contribution in [-0.2, 0) is 25.4 Å². The van der Waals surface area contributed by atoms with Crippen molar-refractivity contribution in [1.82, 2.24) is 9.88 Å². The first-order valence-corrected chi connectivity index (χ1v) is 14.2. The molecular formula is C31H26ClF2N3O7. The first-order chi connectivity index (χ1) is 20.9. The van der Waals surface area contributed by atoms with Gasteiger partial charge in [-0.15, -0.1) is 0 Å². The number of imide groups is 1. The van der Waals surface area contributed by atoms with E-state index in [1.54, 1.807) is 6.92 Å². The normalized spacial score (nSPS) is 23.5. The third-order valence-electron chi connectivity index (χ3n) is 7.75. The molecule has 1 aromatic heterocycles. The average Bonchev–Trinajstić information content (AvgIpc) is 3.21. The SMILES string of the molecule is CC1OC2(CC(=O)N(CC(F)(F)CN3C(=O)c4ccccc4C3=O)c3c(ncc(Cc4ccccc4)c3Cl)C(=O)OC2C)O1. The predicted octanol–water partition coefficient (Wildman–Crippen LogP) is 4.63. The van der Waals surface area contributed by atoms with Gasteiger partial charge in [0.1, 0.15) is 0 Å². The Morgan fingerprint density at radius 3 is 2.14 bits per heavy atom. The van der Waals surface area contributed by atoms with Crippen LogP contribution in [0.15, 0.2) is 60.8 Å². The molecule has 1 saturated heterocycles. The number of benzene rings is 2. The molecular weight excluding hydrogens is 600 g/mol. The highest BCUT2D eigenvalue weighted by atomic mass is 35.5. The number of pyridine rings is 1. The van der Waals surface area contributed by atoms with E-state index in [-0.39, 0.29) is 28.3 Å². The Bertz CT molecular complexity index is 1640. The maximum absolute atomic E-state index is 16.0. The van der Waals surface area contributed by atoms with Gasteiger partial charge in [0.15, 0.2) is 18.1 Å². The van der Waals surface area contributed by atoms with Crippen LogP contribution in [0.1, 0.15) is 62.6 Å². The fourth-order valence-corrected chi connectivity index (χ4v) is 5.95. The monoisotopic (exact) mass is 625 g/mol. The standard InChI is InChI=1S/C31H26ClF2N3O7/c1-17-31(43-18(2)44-31)13-23(38)36(15-30(33,34)16-37-27(39)21-10-6-7-11-22(21)28(37)40)26-24(32)20(12-19-8-4-3-5-9-19)14-35-25(26)29(41)42-17/h3-11,14,17-18H,12-13,15-16H2,1-2H3. The van der Waals surface area contributed by atoms with Crippen molar-refractivity contribution in [3.05, 3.63) is 93.8 Å². The number of ether oxygens (including phenoxy) is 3. The van der Waals surface area contributed by atoms with Crippen LogP contribution in [0.4, 0.5) is 14.5 Å². The van der Waals surface area contributed by atoms with Crippen molar-refractivity contribution in [3.8, 4) is 0 Å². The highest BCUT2D eigenvalue weighted by Gasteiger charge is 2.55. The van der Waals surface area contributed by atoms with Crippen molar-refractivity contribution in [2.45, 2.75) is 50.8 Å². The maximum atomic E-state index is 16.0. The summed E-state index contributed by atoms with van der Waals surface area (Å²) >= 11 is 6.80. The maximum Gasteiger partial charge on any atom is 0.359 e. The number of carbonyl (C=O) groups excluding carboxylic acids is 4. The number of rotatable bonds is 6. The smallest absolute Gasteiger partial charge is 0.359 e. The molecule has 0 saturated carbocycles. The Balaban J connectivity index is 1.40. The van der Waals surface area contributed by atoms with Gasteiger partial charge < -0.3 is 19.1 Å². The second-order valence-corrected chi connectivity index (χ2v) is 11.3. The summed E-state index contributed by atoms with van der Waals surface area (Å²) in [6.07, 6.45) is -0.923. The van der Waals surface area contributed by atoms with Crippen molar-refractivity contribution in [3.63, 3.8) is 0 Å². The molecule has 0 aliphatic carbocycles. The number of amides is 3. The van der Waals surface area contributed by atoms with E-state index in [1.165, 1.54) is 37.4 Å². The molecule has 0 bridgehead atoms. The summed E-state index contributed by atoms with van der Waals surface area (Å²) in [7, 11) is 0. The van der Waals surface area contributed by atoms with Gasteiger partial charge in [-0.3, -0.25) is 19.3 Å². The molecule has 1 fully saturated rings. The average molecular weight is 626 g/mol. The highest BCUT2D eigenvalue weighted by Crippen LogP contribution is 2.42. The number of cyclic esters (lactones) is 1. The molecule has 0 N–H and O–H groups in total. The molecule has 3 aromatic rings. The van der Waals surface area contributed by atoms with Gasteiger partial charge in [0, 0.05) is 12.6 Å². The fraction of sp³-hybridized carbons (Fsp3) is 0.323. The lowest BCUT2D eigenvalue weighted by Crippen LogP contribution is -2.62. The molecule has 1 unspecified atom stereocenters. The topological polar surface area (TPSA) is 115 Å². The van der Waals surface area contributed by atoms with E-state index in [4.69, 9.17) is 25.8 Å². The number of alkyl halides is 2. The highest BCUT2D eigenvalue weighted by molar-refractivity contribution is 6.35. The van der Waals surface area contributed by atoms with Gasteiger partial charge in [0.25, 0.3) is 17.7 Å². The van der Waals surface area contributed by atoms with E-state index < -0.39 is 73.0 Å². The summed E-state index contributed by atoms with van der Waals surface area (Å²) in [6.45, 7) is 0.335. The van der Waals surface area contributed by atoms with Crippen LogP contribution in [0.25, 0.3) is 0 Å². The molecule has 3 amide bonds. The van der Waals surface area contributed by atoms with Gasteiger partial charge in [-0.05, 0) is 37.1 Å². The van der Waals surface area contributed by atoms with Gasteiger partial charge in [-0.1, -0.05) is 54.1 Å². The minimum absolute atomic E-state index is 0.00217. The second-order valence-electron chi connectivity index (χ2n) is 10.9. The molecule has 3 aliphatic heterocycles.